The van der Waals surface area contributed by atoms with Crippen LogP contribution in [0.15, 0.2) is 23.1 Å². The molecule has 0 aromatic heterocycles. The Morgan fingerprint density at radius 1 is 1.39 bits per heavy atom. The molecule has 0 heterocycles. The summed E-state index contributed by atoms with van der Waals surface area (Å²) in [6.07, 6.45) is 0. The third-order valence-corrected chi connectivity index (χ3v) is 3.67. The van der Waals surface area contributed by atoms with E-state index in [2.05, 4.69) is 4.74 Å². The smallest absolute Gasteiger partial charge is 0.246 e. The average Bonchev–Trinajstić information content (AvgIpc) is 2.27. The first-order valence-electron chi connectivity index (χ1n) is 4.98. The Balaban J connectivity index is 3.06. The molecule has 0 saturated heterocycles. The molecule has 2 N–H and O–H groups in total. The second-order valence-corrected chi connectivity index (χ2v) is 5.16. The van der Waals surface area contributed by atoms with Gasteiger partial charge in [-0.3, -0.25) is 0 Å². The molecule has 102 valence electrons. The molecule has 1 unspecified atom stereocenters. The van der Waals surface area contributed by atoms with Crippen LogP contribution in [-0.4, -0.2) is 39.9 Å². The summed E-state index contributed by atoms with van der Waals surface area (Å²) >= 11 is 0. The highest BCUT2D eigenvalue weighted by Gasteiger charge is 2.26. The normalized spacial score (nSPS) is 13.6. The SMILES string of the molecule is COCC(CO)NS(=O)(=O)c1c(F)cccc1F. The summed E-state index contributed by atoms with van der Waals surface area (Å²) in [4.78, 5) is -1.07. The summed E-state index contributed by atoms with van der Waals surface area (Å²) in [5.74, 6) is -2.40. The third-order valence-electron chi connectivity index (χ3n) is 2.10. The van der Waals surface area contributed by atoms with Gasteiger partial charge < -0.3 is 9.84 Å². The lowest BCUT2D eigenvalue weighted by molar-refractivity contribution is 0.139. The number of aliphatic hydroxyl groups excluding tert-OH is 1. The van der Waals surface area contributed by atoms with Crippen LogP contribution in [0.2, 0.25) is 0 Å². The minimum absolute atomic E-state index is 0.119. The second kappa shape index (κ2) is 6.19. The van der Waals surface area contributed by atoms with Gasteiger partial charge in [0.05, 0.1) is 19.3 Å². The maximum Gasteiger partial charge on any atom is 0.246 e. The zero-order valence-electron chi connectivity index (χ0n) is 9.56. The second-order valence-electron chi connectivity index (χ2n) is 3.51. The van der Waals surface area contributed by atoms with Gasteiger partial charge in [-0.1, -0.05) is 6.07 Å². The number of methoxy groups -OCH3 is 1. The molecular formula is C10H13F2NO4S. The fourth-order valence-corrected chi connectivity index (χ4v) is 2.69. The first kappa shape index (κ1) is 15.0. The van der Waals surface area contributed by atoms with Gasteiger partial charge in [-0.15, -0.1) is 0 Å². The Morgan fingerprint density at radius 3 is 2.39 bits per heavy atom. The molecular weight excluding hydrogens is 268 g/mol. The van der Waals surface area contributed by atoms with Gasteiger partial charge in [-0.05, 0) is 12.1 Å². The van der Waals surface area contributed by atoms with Gasteiger partial charge in [-0.2, -0.15) is 0 Å². The summed E-state index contributed by atoms with van der Waals surface area (Å²) in [6, 6.07) is 1.76. The van der Waals surface area contributed by atoms with Crippen molar-refractivity contribution in [3.05, 3.63) is 29.8 Å². The highest BCUT2D eigenvalue weighted by molar-refractivity contribution is 7.89. The predicted molar refractivity (Wildman–Crippen MR) is 59.4 cm³/mol. The van der Waals surface area contributed by atoms with Crippen molar-refractivity contribution in [2.45, 2.75) is 10.9 Å². The molecule has 0 aliphatic heterocycles. The lowest BCUT2D eigenvalue weighted by atomic mass is 10.3. The van der Waals surface area contributed by atoms with Gasteiger partial charge in [0.1, 0.15) is 11.6 Å². The highest BCUT2D eigenvalue weighted by atomic mass is 32.2. The van der Waals surface area contributed by atoms with Crippen molar-refractivity contribution in [1.82, 2.24) is 4.72 Å². The van der Waals surface area contributed by atoms with E-state index in [1.165, 1.54) is 7.11 Å². The third kappa shape index (κ3) is 3.45. The summed E-state index contributed by atoms with van der Waals surface area (Å²) in [5.41, 5.74) is 0. The highest BCUT2D eigenvalue weighted by Crippen LogP contribution is 2.18. The number of ether oxygens (including phenoxy) is 1. The van der Waals surface area contributed by atoms with E-state index in [1.807, 2.05) is 4.72 Å². The molecule has 1 atom stereocenters. The first-order valence-corrected chi connectivity index (χ1v) is 6.47. The zero-order chi connectivity index (χ0) is 13.8. The van der Waals surface area contributed by atoms with E-state index in [-0.39, 0.29) is 6.61 Å². The van der Waals surface area contributed by atoms with E-state index in [1.54, 1.807) is 0 Å². The summed E-state index contributed by atoms with van der Waals surface area (Å²) in [5, 5.41) is 8.91. The summed E-state index contributed by atoms with van der Waals surface area (Å²) in [6.45, 7) is -0.672. The number of sulfonamides is 1. The fraction of sp³-hybridized carbons (Fsp3) is 0.400. The Morgan fingerprint density at radius 2 is 1.94 bits per heavy atom. The lowest BCUT2D eigenvalue weighted by Gasteiger charge is -2.16. The maximum atomic E-state index is 13.3. The minimum atomic E-state index is -4.40. The number of halogens is 2. The molecule has 0 aliphatic carbocycles. The van der Waals surface area contributed by atoms with E-state index in [0.29, 0.717) is 0 Å². The van der Waals surface area contributed by atoms with E-state index < -0.39 is 39.2 Å². The van der Waals surface area contributed by atoms with E-state index >= 15 is 0 Å². The molecule has 0 saturated carbocycles. The Bertz CT molecular complexity index is 486. The monoisotopic (exact) mass is 281 g/mol. The largest absolute Gasteiger partial charge is 0.395 e. The van der Waals surface area contributed by atoms with Crippen LogP contribution in [0.3, 0.4) is 0 Å². The molecule has 1 rings (SSSR count). The number of hydrogen-bond acceptors (Lipinski definition) is 4. The van der Waals surface area contributed by atoms with E-state index in [0.717, 1.165) is 18.2 Å². The average molecular weight is 281 g/mol. The van der Waals surface area contributed by atoms with Crippen molar-refractivity contribution in [1.29, 1.82) is 0 Å². The van der Waals surface area contributed by atoms with Crippen LogP contribution in [0.1, 0.15) is 0 Å². The summed E-state index contributed by atoms with van der Waals surface area (Å²) < 4.78 is 56.8. The van der Waals surface area contributed by atoms with Crippen molar-refractivity contribution in [2.75, 3.05) is 20.3 Å². The van der Waals surface area contributed by atoms with Gasteiger partial charge in [-0.25, -0.2) is 21.9 Å². The van der Waals surface area contributed by atoms with Crippen LogP contribution in [0, 0.1) is 11.6 Å². The van der Waals surface area contributed by atoms with Crippen LogP contribution >= 0.6 is 0 Å². The fourth-order valence-electron chi connectivity index (χ4n) is 1.34. The number of hydrogen-bond donors (Lipinski definition) is 2. The number of aliphatic hydroxyl groups is 1. The molecule has 0 aliphatic rings. The van der Waals surface area contributed by atoms with E-state index in [9.17, 15) is 17.2 Å². The number of nitrogens with one attached hydrogen (secondary N) is 1. The molecule has 0 radical (unpaired) electrons. The molecule has 0 amide bonds. The van der Waals surface area contributed by atoms with Gasteiger partial charge in [0.15, 0.2) is 4.90 Å². The van der Waals surface area contributed by atoms with Crippen molar-refractivity contribution in [3.63, 3.8) is 0 Å². The molecule has 5 nitrogen and oxygen atoms in total. The van der Waals surface area contributed by atoms with Gasteiger partial charge in [0.25, 0.3) is 0 Å². The molecule has 1 aromatic rings. The van der Waals surface area contributed by atoms with Gasteiger partial charge >= 0.3 is 0 Å². The number of benzene rings is 1. The topological polar surface area (TPSA) is 75.6 Å². The summed E-state index contributed by atoms with van der Waals surface area (Å²) in [7, 11) is -3.09. The number of rotatable bonds is 6. The lowest BCUT2D eigenvalue weighted by Crippen LogP contribution is -2.41. The molecule has 0 bridgehead atoms. The van der Waals surface area contributed by atoms with Gasteiger partial charge in [0.2, 0.25) is 10.0 Å². The molecule has 0 spiro atoms. The predicted octanol–water partition coefficient (Wildman–Crippen LogP) is 0.250. The van der Waals surface area contributed by atoms with Crippen LogP contribution in [0.5, 0.6) is 0 Å². The Kier molecular flexibility index (Phi) is 5.15. The zero-order valence-corrected chi connectivity index (χ0v) is 10.4. The standard InChI is InChI=1S/C10H13F2NO4S/c1-17-6-7(5-14)13-18(15,16)10-8(11)3-2-4-9(10)12/h2-4,7,13-14H,5-6H2,1H3. The van der Waals surface area contributed by atoms with Crippen LogP contribution in [0.25, 0.3) is 0 Å². The molecule has 0 fully saturated rings. The van der Waals surface area contributed by atoms with E-state index in [4.69, 9.17) is 5.11 Å². The quantitative estimate of drug-likeness (QED) is 0.784. The van der Waals surface area contributed by atoms with Crippen molar-refractivity contribution in [2.24, 2.45) is 0 Å². The van der Waals surface area contributed by atoms with Gasteiger partial charge in [0, 0.05) is 7.11 Å². The van der Waals surface area contributed by atoms with Crippen LogP contribution in [0.4, 0.5) is 8.78 Å². The molecule has 1 aromatic carbocycles. The van der Waals surface area contributed by atoms with Crippen molar-refractivity contribution in [3.8, 4) is 0 Å². The van der Waals surface area contributed by atoms with Crippen molar-refractivity contribution >= 4 is 10.0 Å². The minimum Gasteiger partial charge on any atom is -0.395 e. The van der Waals surface area contributed by atoms with Crippen molar-refractivity contribution < 1.29 is 27.0 Å². The van der Waals surface area contributed by atoms with Crippen LogP contribution < -0.4 is 4.72 Å². The Hall–Kier alpha value is -1.09. The van der Waals surface area contributed by atoms with Crippen LogP contribution in [-0.2, 0) is 14.8 Å². The Labute approximate surface area is 103 Å². The maximum absolute atomic E-state index is 13.3. The first-order chi connectivity index (χ1) is 8.42. The molecule has 8 heteroatoms. The molecule has 18 heavy (non-hydrogen) atoms.